The average molecular weight is 548 g/mol. The molecule has 0 aromatic heterocycles. The molecular weight excluding hydrogens is 498 g/mol. The molecule has 1 amide bonds. The summed E-state index contributed by atoms with van der Waals surface area (Å²) in [6, 6.07) is 10.1. The molecule has 3 saturated carbocycles. The topological polar surface area (TPSA) is 59.0 Å². The third kappa shape index (κ3) is 4.04. The highest BCUT2D eigenvalue weighted by atomic mass is 16.6. The number of carbonyl (C=O) groups is 1. The largest absolute Gasteiger partial charge is 0.445 e. The summed E-state index contributed by atoms with van der Waals surface area (Å²) in [6.45, 7) is 10.6. The van der Waals surface area contributed by atoms with Crippen LogP contribution in [0.2, 0.25) is 0 Å². The molecule has 5 nitrogen and oxygen atoms in total. The van der Waals surface area contributed by atoms with Crippen molar-refractivity contribution in [2.45, 2.75) is 116 Å². The Bertz CT molecular complexity index is 1170. The van der Waals surface area contributed by atoms with E-state index in [0.29, 0.717) is 29.8 Å². The van der Waals surface area contributed by atoms with Crippen molar-refractivity contribution in [2.75, 3.05) is 6.54 Å². The number of piperidine rings is 1. The highest BCUT2D eigenvalue weighted by Crippen LogP contribution is 2.66. The number of allylic oxidation sites excluding steroid dienone is 1. The molecule has 2 aliphatic heterocycles. The molecule has 0 bridgehead atoms. The Labute approximate surface area is 240 Å². The molecule has 5 heteroatoms. The van der Waals surface area contributed by atoms with E-state index in [2.05, 4.69) is 27.7 Å². The second-order valence-electron chi connectivity index (χ2n) is 14.8. The van der Waals surface area contributed by atoms with Gasteiger partial charge in [-0.05, 0) is 111 Å². The van der Waals surface area contributed by atoms with Gasteiger partial charge in [0.1, 0.15) is 6.61 Å². The van der Waals surface area contributed by atoms with Crippen molar-refractivity contribution in [3.63, 3.8) is 0 Å². The maximum absolute atomic E-state index is 13.5. The van der Waals surface area contributed by atoms with Gasteiger partial charge in [-0.3, -0.25) is 0 Å². The number of aliphatic hydroxyl groups is 1. The summed E-state index contributed by atoms with van der Waals surface area (Å²) in [7, 11) is 0. The number of rotatable bonds is 2. The molecule has 2 saturated heterocycles. The molecule has 6 aliphatic rings. The number of nitrogens with zero attached hydrogens (tertiary/aromatic N) is 1. The van der Waals surface area contributed by atoms with Crippen LogP contribution in [0.4, 0.5) is 4.79 Å². The highest BCUT2D eigenvalue weighted by Gasteiger charge is 2.63. The fraction of sp³-hybridized carbons (Fsp3) is 0.743. The molecule has 40 heavy (non-hydrogen) atoms. The van der Waals surface area contributed by atoms with E-state index in [-0.39, 0.29) is 35.9 Å². The Balaban J connectivity index is 1.15. The molecule has 4 aliphatic carbocycles. The number of fused-ring (bicyclic) bond motifs is 6. The molecular formula is C35H49NO4. The maximum Gasteiger partial charge on any atom is 0.410 e. The summed E-state index contributed by atoms with van der Waals surface area (Å²) in [5.41, 5.74) is 4.33. The number of ether oxygens (including phenoxy) is 2. The maximum atomic E-state index is 13.5. The van der Waals surface area contributed by atoms with E-state index >= 15 is 0 Å². The van der Waals surface area contributed by atoms with E-state index in [9.17, 15) is 9.90 Å². The minimum atomic E-state index is -0.264. The van der Waals surface area contributed by atoms with Crippen molar-refractivity contribution in [3.8, 4) is 0 Å². The van der Waals surface area contributed by atoms with Crippen molar-refractivity contribution in [2.24, 2.45) is 40.9 Å². The van der Waals surface area contributed by atoms with Gasteiger partial charge in [0.15, 0.2) is 0 Å². The summed E-state index contributed by atoms with van der Waals surface area (Å²) >= 11 is 0. The fourth-order valence-corrected chi connectivity index (χ4v) is 10.9. The second kappa shape index (κ2) is 9.87. The Morgan fingerprint density at radius 3 is 2.70 bits per heavy atom. The Kier molecular flexibility index (Phi) is 6.66. The lowest BCUT2D eigenvalue weighted by molar-refractivity contribution is -0.0742. The summed E-state index contributed by atoms with van der Waals surface area (Å²) in [4.78, 5) is 15.5. The third-order valence-electron chi connectivity index (χ3n) is 13.0. The first kappa shape index (κ1) is 27.0. The number of amides is 1. The lowest BCUT2D eigenvalue weighted by Crippen LogP contribution is -2.54. The van der Waals surface area contributed by atoms with Crippen molar-refractivity contribution in [1.82, 2.24) is 4.90 Å². The molecule has 218 valence electrons. The minimum absolute atomic E-state index is 0.0667. The van der Waals surface area contributed by atoms with Crippen LogP contribution in [0.3, 0.4) is 0 Å². The quantitative estimate of drug-likeness (QED) is 0.400. The van der Waals surface area contributed by atoms with Gasteiger partial charge in [0, 0.05) is 12.5 Å². The fourth-order valence-electron chi connectivity index (χ4n) is 10.9. The monoisotopic (exact) mass is 547 g/mol. The third-order valence-corrected chi connectivity index (χ3v) is 13.0. The average Bonchev–Trinajstić information content (AvgIpc) is 3.47. The lowest BCUT2D eigenvalue weighted by Gasteiger charge is -2.53. The first-order valence-corrected chi connectivity index (χ1v) is 16.2. The van der Waals surface area contributed by atoms with E-state index in [4.69, 9.17) is 9.47 Å². The zero-order valence-corrected chi connectivity index (χ0v) is 25.0. The summed E-state index contributed by atoms with van der Waals surface area (Å²) in [5.74, 6) is 3.55. The molecule has 2 heterocycles. The zero-order valence-electron chi connectivity index (χ0n) is 25.0. The van der Waals surface area contributed by atoms with E-state index in [1.54, 1.807) is 5.57 Å². The molecule has 4 unspecified atom stereocenters. The smallest absolute Gasteiger partial charge is 0.410 e. The predicted molar refractivity (Wildman–Crippen MR) is 155 cm³/mol. The molecule has 11 atom stereocenters. The number of likely N-dealkylation sites (tertiary alicyclic amines) is 1. The summed E-state index contributed by atoms with van der Waals surface area (Å²) < 4.78 is 13.1. The predicted octanol–water partition coefficient (Wildman–Crippen LogP) is 7.13. The van der Waals surface area contributed by atoms with Gasteiger partial charge in [0.25, 0.3) is 0 Å². The lowest BCUT2D eigenvalue weighted by atomic mass is 9.52. The van der Waals surface area contributed by atoms with Crippen LogP contribution in [0.15, 0.2) is 41.5 Å². The number of aliphatic hydroxyl groups excluding tert-OH is 1. The first-order chi connectivity index (χ1) is 19.2. The van der Waals surface area contributed by atoms with Gasteiger partial charge in [-0.2, -0.15) is 0 Å². The van der Waals surface area contributed by atoms with Crippen molar-refractivity contribution in [1.29, 1.82) is 0 Å². The van der Waals surface area contributed by atoms with Crippen LogP contribution >= 0.6 is 0 Å². The second-order valence-corrected chi connectivity index (χ2v) is 14.8. The Hall–Kier alpha value is -1.85. The van der Waals surface area contributed by atoms with Gasteiger partial charge in [-0.25, -0.2) is 4.79 Å². The van der Waals surface area contributed by atoms with Crippen molar-refractivity contribution >= 4 is 6.09 Å². The van der Waals surface area contributed by atoms with Gasteiger partial charge in [-0.15, -0.1) is 0 Å². The number of benzene rings is 1. The SMILES string of the molecule is CC1=C2C[C@H]3C(CC[C@@H]4C[C@@H](O)CCC43C)[C@@H]2CCC12O[C@@H]1CC(C)CN(C(=O)OCc3ccccc3)[C@H]1[C@H]2C. The van der Waals surface area contributed by atoms with Crippen LogP contribution in [-0.2, 0) is 16.1 Å². The summed E-state index contributed by atoms with van der Waals surface area (Å²) in [5, 5.41) is 10.4. The van der Waals surface area contributed by atoms with E-state index in [1.165, 1.54) is 37.7 Å². The minimum Gasteiger partial charge on any atom is -0.445 e. The van der Waals surface area contributed by atoms with Crippen LogP contribution in [0.25, 0.3) is 0 Å². The van der Waals surface area contributed by atoms with Gasteiger partial charge in [0.05, 0.1) is 23.9 Å². The molecule has 0 radical (unpaired) electrons. The molecule has 1 aromatic carbocycles. The normalized spacial score (nSPS) is 46.0. The van der Waals surface area contributed by atoms with Gasteiger partial charge in [-0.1, -0.05) is 56.7 Å². The van der Waals surface area contributed by atoms with E-state index in [1.807, 2.05) is 35.2 Å². The van der Waals surface area contributed by atoms with Crippen molar-refractivity contribution < 1.29 is 19.4 Å². The van der Waals surface area contributed by atoms with Crippen LogP contribution in [-0.4, -0.2) is 46.5 Å². The Morgan fingerprint density at radius 1 is 1.10 bits per heavy atom. The van der Waals surface area contributed by atoms with Crippen LogP contribution < -0.4 is 0 Å². The Morgan fingerprint density at radius 2 is 1.90 bits per heavy atom. The van der Waals surface area contributed by atoms with Crippen LogP contribution in [0, 0.1) is 40.9 Å². The highest BCUT2D eigenvalue weighted by molar-refractivity contribution is 5.68. The van der Waals surface area contributed by atoms with E-state index < -0.39 is 0 Å². The van der Waals surface area contributed by atoms with Crippen LogP contribution in [0.1, 0.15) is 91.0 Å². The van der Waals surface area contributed by atoms with Gasteiger partial charge < -0.3 is 19.5 Å². The molecule has 7 rings (SSSR count). The van der Waals surface area contributed by atoms with Gasteiger partial charge in [0.2, 0.25) is 0 Å². The first-order valence-electron chi connectivity index (χ1n) is 16.2. The number of carbonyl (C=O) groups excluding carboxylic acids is 1. The molecule has 1 N–H and O–H groups in total. The molecule has 1 spiro atoms. The van der Waals surface area contributed by atoms with Gasteiger partial charge >= 0.3 is 6.09 Å². The van der Waals surface area contributed by atoms with E-state index in [0.717, 1.165) is 49.6 Å². The molecule has 1 aromatic rings. The zero-order chi connectivity index (χ0) is 27.8. The molecule has 5 fully saturated rings. The standard InChI is InChI=1S/C35H49NO4/c1-21-16-31-32(36(19-21)33(38)39-20-24-8-6-5-7-9-24)23(3)35(40-31)15-13-27-28-11-10-25-17-26(37)12-14-34(25,4)30(28)18-29(27)22(35)2/h5-9,21,23,25-28,30-32,37H,10-20H2,1-4H3/t21?,23-,25-,26+,27+,28?,30+,31-,32+,34?,35?/m1/s1. The van der Waals surface area contributed by atoms with Crippen LogP contribution in [0.5, 0.6) is 0 Å². The number of hydrogen-bond donors (Lipinski definition) is 1. The number of hydrogen-bond acceptors (Lipinski definition) is 4. The summed E-state index contributed by atoms with van der Waals surface area (Å²) in [6.07, 6.45) is 10.1. The van der Waals surface area contributed by atoms with Crippen molar-refractivity contribution in [3.05, 3.63) is 47.0 Å².